The number of hydrogen-bond acceptors (Lipinski definition) is 5. The standard InChI is InChI=1S/C18H21N3O3/c1-11-14-7-3-4-8-15(14)23-16(11)18(22)21-9-5-6-13(10-21)17-19-12(2)24-20-17/h3-4,7-8,11,13,16H,5-6,9-10H2,1-2H3/t11-,13-,16+/m1/s1. The number of rotatable bonds is 2. The first kappa shape index (κ1) is 15.2. The molecule has 1 aromatic heterocycles. The van der Waals surface area contributed by atoms with E-state index in [0.717, 1.165) is 30.7 Å². The van der Waals surface area contributed by atoms with Crippen molar-refractivity contribution in [2.24, 2.45) is 0 Å². The second-order valence-corrected chi connectivity index (χ2v) is 6.66. The predicted octanol–water partition coefficient (Wildman–Crippen LogP) is 2.65. The first-order valence-corrected chi connectivity index (χ1v) is 8.48. The summed E-state index contributed by atoms with van der Waals surface area (Å²) in [6.07, 6.45) is 1.48. The Kier molecular flexibility index (Phi) is 3.75. The Morgan fingerprint density at radius 1 is 1.33 bits per heavy atom. The van der Waals surface area contributed by atoms with Crippen LogP contribution in [0, 0.1) is 6.92 Å². The van der Waals surface area contributed by atoms with Crippen LogP contribution in [0.15, 0.2) is 28.8 Å². The zero-order chi connectivity index (χ0) is 16.7. The number of aromatic nitrogens is 2. The Hall–Kier alpha value is -2.37. The Balaban J connectivity index is 1.49. The zero-order valence-electron chi connectivity index (χ0n) is 13.9. The van der Waals surface area contributed by atoms with Gasteiger partial charge in [0.2, 0.25) is 5.89 Å². The van der Waals surface area contributed by atoms with Gasteiger partial charge in [0.15, 0.2) is 11.9 Å². The monoisotopic (exact) mass is 327 g/mol. The number of piperidine rings is 1. The number of carbonyl (C=O) groups is 1. The van der Waals surface area contributed by atoms with Crippen molar-refractivity contribution >= 4 is 5.91 Å². The molecule has 2 aliphatic rings. The van der Waals surface area contributed by atoms with Crippen molar-refractivity contribution in [3.05, 3.63) is 41.5 Å². The van der Waals surface area contributed by atoms with E-state index in [2.05, 4.69) is 17.1 Å². The molecule has 1 aromatic carbocycles. The van der Waals surface area contributed by atoms with Gasteiger partial charge in [0, 0.05) is 37.4 Å². The molecule has 1 fully saturated rings. The smallest absolute Gasteiger partial charge is 0.264 e. The summed E-state index contributed by atoms with van der Waals surface area (Å²) in [6, 6.07) is 7.89. The highest BCUT2D eigenvalue weighted by atomic mass is 16.5. The molecule has 0 saturated carbocycles. The van der Waals surface area contributed by atoms with E-state index in [1.165, 1.54) is 0 Å². The van der Waals surface area contributed by atoms with Crippen LogP contribution < -0.4 is 4.74 Å². The van der Waals surface area contributed by atoms with Crippen LogP contribution in [0.25, 0.3) is 0 Å². The summed E-state index contributed by atoms with van der Waals surface area (Å²) in [4.78, 5) is 19.2. The van der Waals surface area contributed by atoms with E-state index in [0.29, 0.717) is 18.3 Å². The highest BCUT2D eigenvalue weighted by Crippen LogP contribution is 2.39. The minimum Gasteiger partial charge on any atom is -0.480 e. The van der Waals surface area contributed by atoms with Crippen molar-refractivity contribution in [1.29, 1.82) is 0 Å². The molecule has 6 heteroatoms. The number of fused-ring (bicyclic) bond motifs is 1. The normalized spacial score (nSPS) is 26.1. The van der Waals surface area contributed by atoms with Crippen LogP contribution in [0.2, 0.25) is 0 Å². The quantitative estimate of drug-likeness (QED) is 0.848. The lowest BCUT2D eigenvalue weighted by molar-refractivity contribution is -0.140. The molecule has 1 saturated heterocycles. The van der Waals surface area contributed by atoms with Crippen LogP contribution in [0.3, 0.4) is 0 Å². The summed E-state index contributed by atoms with van der Waals surface area (Å²) in [5.74, 6) is 2.36. The van der Waals surface area contributed by atoms with Gasteiger partial charge in [0.05, 0.1) is 0 Å². The van der Waals surface area contributed by atoms with E-state index in [4.69, 9.17) is 9.26 Å². The summed E-state index contributed by atoms with van der Waals surface area (Å²) in [5.41, 5.74) is 1.11. The van der Waals surface area contributed by atoms with E-state index >= 15 is 0 Å². The molecule has 0 aliphatic carbocycles. The molecule has 24 heavy (non-hydrogen) atoms. The van der Waals surface area contributed by atoms with Crippen molar-refractivity contribution < 1.29 is 14.1 Å². The van der Waals surface area contributed by atoms with E-state index in [1.54, 1.807) is 6.92 Å². The zero-order valence-corrected chi connectivity index (χ0v) is 13.9. The van der Waals surface area contributed by atoms with E-state index in [-0.39, 0.29) is 17.7 Å². The van der Waals surface area contributed by atoms with Gasteiger partial charge in [-0.15, -0.1) is 0 Å². The third-order valence-electron chi connectivity index (χ3n) is 5.00. The minimum atomic E-state index is -0.437. The Bertz CT molecular complexity index is 757. The average molecular weight is 327 g/mol. The summed E-state index contributed by atoms with van der Waals surface area (Å²) in [7, 11) is 0. The lowest BCUT2D eigenvalue weighted by Gasteiger charge is -2.33. The molecule has 0 unspecified atom stereocenters. The topological polar surface area (TPSA) is 68.5 Å². The number of amides is 1. The molecule has 0 N–H and O–H groups in total. The van der Waals surface area contributed by atoms with Gasteiger partial charge in [-0.1, -0.05) is 30.3 Å². The Morgan fingerprint density at radius 3 is 2.92 bits per heavy atom. The molecular weight excluding hydrogens is 306 g/mol. The van der Waals surface area contributed by atoms with Crippen molar-refractivity contribution in [1.82, 2.24) is 15.0 Å². The van der Waals surface area contributed by atoms with Crippen molar-refractivity contribution in [3.63, 3.8) is 0 Å². The lowest BCUT2D eigenvalue weighted by atomic mass is 9.94. The van der Waals surface area contributed by atoms with Crippen LogP contribution in [-0.2, 0) is 4.79 Å². The van der Waals surface area contributed by atoms with Crippen LogP contribution in [-0.4, -0.2) is 40.1 Å². The maximum atomic E-state index is 13.0. The Labute approximate surface area is 140 Å². The number of para-hydroxylation sites is 1. The Morgan fingerprint density at radius 2 is 2.17 bits per heavy atom. The molecule has 3 heterocycles. The molecule has 0 spiro atoms. The van der Waals surface area contributed by atoms with Crippen LogP contribution in [0.4, 0.5) is 0 Å². The third kappa shape index (κ3) is 2.56. The molecule has 0 bridgehead atoms. The SMILES string of the molecule is Cc1nc([C@@H]2CCCN(C(=O)[C@H]3Oc4ccccc4[C@H]3C)C2)no1. The molecule has 2 aromatic rings. The number of nitrogens with zero attached hydrogens (tertiary/aromatic N) is 3. The summed E-state index contributed by atoms with van der Waals surface area (Å²) in [5, 5.41) is 4.02. The maximum absolute atomic E-state index is 13.0. The first-order valence-electron chi connectivity index (χ1n) is 8.48. The second kappa shape index (κ2) is 5.92. The third-order valence-corrected chi connectivity index (χ3v) is 5.00. The number of benzene rings is 1. The molecule has 0 radical (unpaired) electrons. The van der Waals surface area contributed by atoms with Gasteiger partial charge in [-0.2, -0.15) is 4.98 Å². The number of hydrogen-bond donors (Lipinski definition) is 0. The van der Waals surface area contributed by atoms with E-state index < -0.39 is 6.10 Å². The molecular formula is C18H21N3O3. The minimum absolute atomic E-state index is 0.0589. The highest BCUT2D eigenvalue weighted by molar-refractivity contribution is 5.83. The summed E-state index contributed by atoms with van der Waals surface area (Å²) in [6.45, 7) is 5.22. The first-order chi connectivity index (χ1) is 11.6. The molecule has 2 aliphatic heterocycles. The fourth-order valence-electron chi connectivity index (χ4n) is 3.68. The average Bonchev–Trinajstić information content (AvgIpc) is 3.19. The van der Waals surface area contributed by atoms with Gasteiger partial charge in [-0.3, -0.25) is 4.79 Å². The van der Waals surface area contributed by atoms with E-state index in [9.17, 15) is 4.79 Å². The number of carbonyl (C=O) groups excluding carboxylic acids is 1. The highest BCUT2D eigenvalue weighted by Gasteiger charge is 2.40. The van der Waals surface area contributed by atoms with Crippen molar-refractivity contribution in [2.45, 2.75) is 44.6 Å². The van der Waals surface area contributed by atoms with Gasteiger partial charge < -0.3 is 14.2 Å². The fourth-order valence-corrected chi connectivity index (χ4v) is 3.68. The molecule has 4 rings (SSSR count). The summed E-state index contributed by atoms with van der Waals surface area (Å²) >= 11 is 0. The molecule has 126 valence electrons. The van der Waals surface area contributed by atoms with Crippen molar-refractivity contribution in [3.8, 4) is 5.75 Å². The van der Waals surface area contributed by atoms with Gasteiger partial charge >= 0.3 is 0 Å². The van der Waals surface area contributed by atoms with Gasteiger partial charge in [-0.25, -0.2) is 0 Å². The van der Waals surface area contributed by atoms with Crippen LogP contribution in [0.5, 0.6) is 5.75 Å². The second-order valence-electron chi connectivity index (χ2n) is 6.66. The predicted molar refractivity (Wildman–Crippen MR) is 86.9 cm³/mol. The number of ether oxygens (including phenoxy) is 1. The van der Waals surface area contributed by atoms with Gasteiger partial charge in [0.25, 0.3) is 5.91 Å². The van der Waals surface area contributed by atoms with Gasteiger partial charge in [-0.05, 0) is 18.9 Å². The molecule has 6 nitrogen and oxygen atoms in total. The molecule has 3 atom stereocenters. The summed E-state index contributed by atoms with van der Waals surface area (Å²) < 4.78 is 11.0. The fraction of sp³-hybridized carbons (Fsp3) is 0.500. The van der Waals surface area contributed by atoms with E-state index in [1.807, 2.05) is 29.2 Å². The largest absolute Gasteiger partial charge is 0.480 e. The van der Waals surface area contributed by atoms with Crippen molar-refractivity contribution in [2.75, 3.05) is 13.1 Å². The number of aryl methyl sites for hydroxylation is 1. The van der Waals surface area contributed by atoms with Crippen LogP contribution in [0.1, 0.15) is 48.9 Å². The van der Waals surface area contributed by atoms with Gasteiger partial charge in [0.1, 0.15) is 5.75 Å². The molecule has 1 amide bonds. The van der Waals surface area contributed by atoms with Crippen LogP contribution >= 0.6 is 0 Å². The lowest BCUT2D eigenvalue weighted by Crippen LogP contribution is -2.46. The maximum Gasteiger partial charge on any atom is 0.264 e. The number of likely N-dealkylation sites (tertiary alicyclic amines) is 1.